The number of nitrogens with two attached hydrogens (primary N) is 1. The number of hydrogen-bond acceptors (Lipinski definition) is 7. The third-order valence-corrected chi connectivity index (χ3v) is 9.36. The Labute approximate surface area is 255 Å². The topological polar surface area (TPSA) is 111 Å². The number of carbonyl (C=O) groups is 3. The third-order valence-electron chi connectivity index (χ3n) is 9.13. The first kappa shape index (κ1) is 29.8. The Kier molecular flexibility index (Phi) is 8.85. The molecule has 3 N–H and O–H groups in total. The molecule has 230 valence electrons. The maximum Gasteiger partial charge on any atom is 0.256 e. The summed E-state index contributed by atoms with van der Waals surface area (Å²) in [5, 5.41) is 3.68. The fourth-order valence-corrected chi connectivity index (χ4v) is 7.18. The molecule has 6 rings (SSSR count). The number of fused-ring (bicyclic) bond motifs is 2. The van der Waals surface area contributed by atoms with Crippen molar-refractivity contribution >= 4 is 35.0 Å². The average molecular weight is 613 g/mol. The number of ether oxygens (including phenoxy) is 1. The van der Waals surface area contributed by atoms with Crippen molar-refractivity contribution in [2.75, 3.05) is 64.1 Å². The van der Waals surface area contributed by atoms with Crippen LogP contribution in [0.4, 0.5) is 10.1 Å². The maximum absolute atomic E-state index is 14.9. The fraction of sp³-hybridized carbons (Fsp3) is 0.516. The molecular formula is C31H38ClFN6O4. The predicted octanol–water partition coefficient (Wildman–Crippen LogP) is 2.29. The molecule has 2 aromatic carbocycles. The molecule has 10 nitrogen and oxygen atoms in total. The highest BCUT2D eigenvalue weighted by atomic mass is 35.5. The Morgan fingerprint density at radius 2 is 1.84 bits per heavy atom. The van der Waals surface area contributed by atoms with Crippen LogP contribution in [0.5, 0.6) is 0 Å². The number of nitrogens with zero attached hydrogens (tertiary/aromatic N) is 4. The van der Waals surface area contributed by atoms with E-state index in [9.17, 15) is 18.8 Å². The molecule has 2 aromatic rings. The fourth-order valence-electron chi connectivity index (χ4n) is 7.02. The van der Waals surface area contributed by atoms with E-state index in [1.807, 2.05) is 4.90 Å². The van der Waals surface area contributed by atoms with Crippen LogP contribution in [-0.2, 0) is 14.3 Å². The summed E-state index contributed by atoms with van der Waals surface area (Å²) in [7, 11) is 0. The van der Waals surface area contributed by atoms with Gasteiger partial charge in [0, 0.05) is 36.3 Å². The van der Waals surface area contributed by atoms with E-state index in [0.29, 0.717) is 48.1 Å². The number of primary amides is 1. The normalized spacial score (nSPS) is 23.8. The summed E-state index contributed by atoms with van der Waals surface area (Å²) in [6, 6.07) is 9.35. The van der Waals surface area contributed by atoms with Crippen molar-refractivity contribution < 1.29 is 23.5 Å². The lowest BCUT2D eigenvalue weighted by atomic mass is 9.99. The molecule has 43 heavy (non-hydrogen) atoms. The number of piperidine rings is 1. The smallest absolute Gasteiger partial charge is 0.256 e. The second-order valence-corrected chi connectivity index (χ2v) is 12.3. The van der Waals surface area contributed by atoms with Crippen molar-refractivity contribution in [2.45, 2.75) is 43.8 Å². The molecule has 0 spiro atoms. The van der Waals surface area contributed by atoms with Crippen LogP contribution in [0, 0.1) is 5.82 Å². The maximum atomic E-state index is 14.9. The zero-order valence-electron chi connectivity index (χ0n) is 24.1. The number of amides is 3. The van der Waals surface area contributed by atoms with E-state index in [0.717, 1.165) is 45.3 Å². The molecule has 3 saturated heterocycles. The Bertz CT molecular complexity index is 1390. The largest absolute Gasteiger partial charge is 0.368 e. The number of halogens is 2. The molecule has 0 saturated carbocycles. The van der Waals surface area contributed by atoms with Crippen LogP contribution in [0.1, 0.15) is 36.0 Å². The number of anilines is 1. The molecular weight excluding hydrogens is 575 g/mol. The van der Waals surface area contributed by atoms with E-state index in [4.69, 9.17) is 22.1 Å². The highest BCUT2D eigenvalue weighted by molar-refractivity contribution is 6.30. The minimum atomic E-state index is -0.571. The Morgan fingerprint density at radius 3 is 2.60 bits per heavy atom. The van der Waals surface area contributed by atoms with E-state index in [1.54, 1.807) is 40.1 Å². The number of rotatable bonds is 5. The lowest BCUT2D eigenvalue weighted by Gasteiger charge is -2.43. The average Bonchev–Trinajstić information content (AvgIpc) is 3.51. The molecule has 0 aliphatic carbocycles. The zero-order chi connectivity index (χ0) is 30.1. The zero-order valence-corrected chi connectivity index (χ0v) is 24.9. The van der Waals surface area contributed by atoms with Gasteiger partial charge in [-0.2, -0.15) is 0 Å². The van der Waals surface area contributed by atoms with E-state index in [1.165, 1.54) is 6.07 Å². The van der Waals surface area contributed by atoms with Crippen LogP contribution in [0.2, 0.25) is 5.02 Å². The molecule has 3 fully saturated rings. The van der Waals surface area contributed by atoms with Crippen LogP contribution in [0.25, 0.3) is 11.1 Å². The molecule has 2 unspecified atom stereocenters. The number of likely N-dealkylation sites (tertiary alicyclic amines) is 1. The number of nitrogens with one attached hydrogen (secondary N) is 1. The van der Waals surface area contributed by atoms with Gasteiger partial charge in [-0.25, -0.2) is 4.39 Å². The molecule has 2 atom stereocenters. The summed E-state index contributed by atoms with van der Waals surface area (Å²) < 4.78 is 20.9. The van der Waals surface area contributed by atoms with Crippen LogP contribution in [0.3, 0.4) is 0 Å². The molecule has 0 radical (unpaired) electrons. The molecule has 4 aliphatic heterocycles. The number of benzene rings is 2. The minimum absolute atomic E-state index is 0.0300. The van der Waals surface area contributed by atoms with Gasteiger partial charge in [-0.15, -0.1) is 0 Å². The second-order valence-electron chi connectivity index (χ2n) is 11.8. The third kappa shape index (κ3) is 6.22. The van der Waals surface area contributed by atoms with Gasteiger partial charge in [0.1, 0.15) is 12.5 Å². The highest BCUT2D eigenvalue weighted by Gasteiger charge is 2.41. The first-order valence-corrected chi connectivity index (χ1v) is 15.4. The molecule has 3 amide bonds. The first-order valence-electron chi connectivity index (χ1n) is 15.1. The van der Waals surface area contributed by atoms with Gasteiger partial charge in [-0.3, -0.25) is 19.3 Å². The SMILES string of the molecule is NC(=O)CN1COCC2CN(C(=O)C3CCCN3C3CCNCC3)CCN2C(=O)c2cc(-c3ccc(Cl)cc3F)ccc21. The minimum Gasteiger partial charge on any atom is -0.368 e. The molecule has 4 aliphatic rings. The summed E-state index contributed by atoms with van der Waals surface area (Å²) in [6.45, 7) is 4.08. The van der Waals surface area contributed by atoms with Gasteiger partial charge in [0.2, 0.25) is 11.8 Å². The van der Waals surface area contributed by atoms with Crippen LogP contribution >= 0.6 is 11.6 Å². The summed E-state index contributed by atoms with van der Waals surface area (Å²) in [6.07, 6.45) is 3.95. The van der Waals surface area contributed by atoms with Crippen molar-refractivity contribution in [2.24, 2.45) is 5.73 Å². The molecule has 4 heterocycles. The summed E-state index contributed by atoms with van der Waals surface area (Å²) in [4.78, 5) is 47.7. The second kappa shape index (κ2) is 12.8. The Hall–Kier alpha value is -3.25. The van der Waals surface area contributed by atoms with E-state index < -0.39 is 11.7 Å². The van der Waals surface area contributed by atoms with Gasteiger partial charge in [0.15, 0.2) is 0 Å². The number of hydrogen-bond donors (Lipinski definition) is 2. The van der Waals surface area contributed by atoms with Crippen molar-refractivity contribution in [1.82, 2.24) is 20.0 Å². The van der Waals surface area contributed by atoms with Crippen LogP contribution in [0.15, 0.2) is 36.4 Å². The van der Waals surface area contributed by atoms with Crippen molar-refractivity contribution in [3.05, 3.63) is 52.8 Å². The highest BCUT2D eigenvalue weighted by Crippen LogP contribution is 2.33. The van der Waals surface area contributed by atoms with Crippen molar-refractivity contribution in [3.8, 4) is 11.1 Å². The monoisotopic (exact) mass is 612 g/mol. The summed E-state index contributed by atoms with van der Waals surface area (Å²) in [5.74, 6) is -1.21. The van der Waals surface area contributed by atoms with E-state index in [2.05, 4.69) is 10.2 Å². The quantitative estimate of drug-likeness (QED) is 0.533. The van der Waals surface area contributed by atoms with Gasteiger partial charge in [0.25, 0.3) is 5.91 Å². The summed E-state index contributed by atoms with van der Waals surface area (Å²) in [5.41, 5.74) is 7.15. The van der Waals surface area contributed by atoms with Gasteiger partial charge >= 0.3 is 0 Å². The Balaban J connectivity index is 1.27. The summed E-state index contributed by atoms with van der Waals surface area (Å²) >= 11 is 5.97. The Morgan fingerprint density at radius 1 is 1.02 bits per heavy atom. The van der Waals surface area contributed by atoms with Crippen molar-refractivity contribution in [1.29, 1.82) is 0 Å². The van der Waals surface area contributed by atoms with Gasteiger partial charge in [0.05, 0.1) is 36.5 Å². The standard InChI is InChI=1S/C31H38ClFN6O4/c32-21-4-5-24(26(33)15-21)20-3-6-27-25(14-20)30(41)39-13-12-36(16-23(39)18-43-19-37(27)17-29(34)40)31(42)28-2-1-11-38(28)22-7-9-35-10-8-22/h3-6,14-15,22-23,28,35H,1-2,7-13,16-19H2,(H2,34,40). The van der Waals surface area contributed by atoms with Gasteiger partial charge < -0.3 is 30.5 Å². The molecule has 0 aromatic heterocycles. The first-order chi connectivity index (χ1) is 20.8. The van der Waals surface area contributed by atoms with Gasteiger partial charge in [-0.05, 0) is 81.2 Å². The van der Waals surface area contributed by atoms with Crippen molar-refractivity contribution in [3.63, 3.8) is 0 Å². The molecule has 12 heteroatoms. The van der Waals surface area contributed by atoms with Crippen LogP contribution in [-0.4, -0.2) is 110 Å². The molecule has 0 bridgehead atoms. The number of piperazine rings is 1. The van der Waals surface area contributed by atoms with E-state index in [-0.39, 0.29) is 48.8 Å². The van der Waals surface area contributed by atoms with Crippen LogP contribution < -0.4 is 16.0 Å². The van der Waals surface area contributed by atoms with Gasteiger partial charge in [-0.1, -0.05) is 17.7 Å². The number of carbonyl (C=O) groups excluding carboxylic acids is 3. The van der Waals surface area contributed by atoms with E-state index >= 15 is 0 Å². The predicted molar refractivity (Wildman–Crippen MR) is 161 cm³/mol. The lowest BCUT2D eigenvalue weighted by Crippen LogP contribution is -2.61. The lowest BCUT2D eigenvalue weighted by molar-refractivity contribution is -0.140.